The Hall–Kier alpha value is -2.50. The van der Waals surface area contributed by atoms with Crippen molar-refractivity contribution in [1.29, 1.82) is 0 Å². The molecular formula is C19H21Cl2N7O4. The minimum Gasteiger partial charge on any atom is -0.472 e. The molecule has 0 amide bonds. The molecule has 5 heterocycles. The third kappa shape index (κ3) is 3.89. The highest BCUT2D eigenvalue weighted by atomic mass is 35.5. The van der Waals surface area contributed by atoms with Crippen LogP contribution in [0.2, 0.25) is 10.4 Å². The third-order valence-corrected chi connectivity index (χ3v) is 6.51. The van der Waals surface area contributed by atoms with Crippen LogP contribution >= 0.6 is 23.2 Å². The molecule has 3 aromatic rings. The van der Waals surface area contributed by atoms with E-state index in [4.69, 9.17) is 32.7 Å². The molecule has 2 saturated heterocycles. The van der Waals surface area contributed by atoms with E-state index < -0.39 is 4.92 Å². The van der Waals surface area contributed by atoms with Gasteiger partial charge in [-0.15, -0.1) is 5.10 Å². The molecule has 0 aliphatic carbocycles. The molecule has 5 rings (SSSR count). The van der Waals surface area contributed by atoms with Crippen molar-refractivity contribution in [3.8, 4) is 5.88 Å². The van der Waals surface area contributed by atoms with Crippen molar-refractivity contribution in [2.45, 2.75) is 63.8 Å². The summed E-state index contributed by atoms with van der Waals surface area (Å²) in [5.74, 6) is 0.0417. The molecule has 0 N–H and O–H groups in total. The van der Waals surface area contributed by atoms with Gasteiger partial charge in [-0.2, -0.15) is 10.1 Å². The first-order valence-corrected chi connectivity index (χ1v) is 11.2. The van der Waals surface area contributed by atoms with Crippen molar-refractivity contribution in [2.24, 2.45) is 0 Å². The van der Waals surface area contributed by atoms with Gasteiger partial charge in [0.25, 0.3) is 0 Å². The average Bonchev–Trinajstić information content (AvgIpc) is 3.38. The molecule has 2 atom stereocenters. The number of aryl methyl sites for hydroxylation is 1. The van der Waals surface area contributed by atoms with E-state index in [0.717, 1.165) is 25.7 Å². The highest BCUT2D eigenvalue weighted by Crippen LogP contribution is 2.41. The lowest BCUT2D eigenvalue weighted by Gasteiger charge is -2.28. The van der Waals surface area contributed by atoms with Crippen LogP contribution in [-0.4, -0.2) is 53.3 Å². The third-order valence-electron chi connectivity index (χ3n) is 6.05. The number of hydrogen-bond acceptors (Lipinski definition) is 8. The summed E-state index contributed by atoms with van der Waals surface area (Å²) in [5, 5.41) is 21.4. The first-order chi connectivity index (χ1) is 15.4. The van der Waals surface area contributed by atoms with E-state index in [1.807, 2.05) is 0 Å². The fraction of sp³-hybridized carbons (Fsp3) is 0.579. The van der Waals surface area contributed by atoms with Gasteiger partial charge >= 0.3 is 11.6 Å². The van der Waals surface area contributed by atoms with Gasteiger partial charge in [0.2, 0.25) is 5.28 Å². The molecule has 32 heavy (non-hydrogen) atoms. The Morgan fingerprint density at radius 1 is 1.28 bits per heavy atom. The highest BCUT2D eigenvalue weighted by molar-refractivity contribution is 6.34. The van der Waals surface area contributed by atoms with E-state index in [1.54, 1.807) is 16.3 Å². The Morgan fingerprint density at radius 2 is 2.03 bits per heavy atom. The minimum atomic E-state index is -0.429. The predicted octanol–water partition coefficient (Wildman–Crippen LogP) is 3.90. The second-order valence-corrected chi connectivity index (χ2v) is 8.81. The number of halogens is 2. The van der Waals surface area contributed by atoms with Gasteiger partial charge in [0.1, 0.15) is 5.69 Å². The molecule has 3 aromatic heterocycles. The van der Waals surface area contributed by atoms with E-state index in [0.29, 0.717) is 29.7 Å². The molecule has 0 aromatic carbocycles. The van der Waals surface area contributed by atoms with Crippen molar-refractivity contribution < 1.29 is 14.4 Å². The molecule has 2 aliphatic rings. The highest BCUT2D eigenvalue weighted by Gasteiger charge is 2.38. The van der Waals surface area contributed by atoms with Crippen molar-refractivity contribution >= 4 is 39.9 Å². The van der Waals surface area contributed by atoms with Crippen LogP contribution in [0.15, 0.2) is 6.20 Å². The first-order valence-electron chi connectivity index (χ1n) is 10.5. The normalized spacial score (nSPS) is 22.5. The number of hydrogen-bond donors (Lipinski definition) is 0. The van der Waals surface area contributed by atoms with Gasteiger partial charge in [0.15, 0.2) is 10.8 Å². The second-order valence-electron chi connectivity index (χ2n) is 8.12. The number of aromatic nitrogens is 6. The predicted molar refractivity (Wildman–Crippen MR) is 115 cm³/mol. The van der Waals surface area contributed by atoms with Gasteiger partial charge in [0, 0.05) is 19.2 Å². The number of nitro groups is 1. The fourth-order valence-electron chi connectivity index (χ4n) is 4.62. The van der Waals surface area contributed by atoms with E-state index in [9.17, 15) is 10.1 Å². The molecule has 2 unspecified atom stereocenters. The van der Waals surface area contributed by atoms with Gasteiger partial charge < -0.3 is 9.47 Å². The minimum absolute atomic E-state index is 0.0417. The second kappa shape index (κ2) is 8.45. The average molecular weight is 482 g/mol. The van der Waals surface area contributed by atoms with Crippen LogP contribution in [0.4, 0.5) is 5.69 Å². The van der Waals surface area contributed by atoms with E-state index in [1.165, 1.54) is 6.20 Å². The van der Waals surface area contributed by atoms with Crippen LogP contribution in [0.5, 0.6) is 5.88 Å². The van der Waals surface area contributed by atoms with Crippen LogP contribution in [0, 0.1) is 17.0 Å². The van der Waals surface area contributed by atoms with Crippen molar-refractivity contribution in [3.63, 3.8) is 0 Å². The quantitative estimate of drug-likeness (QED) is 0.215. The summed E-state index contributed by atoms with van der Waals surface area (Å²) in [6, 6.07) is 0.0827. The summed E-state index contributed by atoms with van der Waals surface area (Å²) in [7, 11) is 0. The topological polar surface area (TPSA) is 123 Å². The number of ether oxygens (including phenoxy) is 2. The Bertz CT molecular complexity index is 1170. The lowest BCUT2D eigenvalue weighted by molar-refractivity contribution is -0.386. The van der Waals surface area contributed by atoms with Crippen LogP contribution in [0.25, 0.3) is 11.0 Å². The van der Waals surface area contributed by atoms with Crippen molar-refractivity contribution in [1.82, 2.24) is 29.5 Å². The van der Waals surface area contributed by atoms with Gasteiger partial charge in [-0.1, -0.05) is 11.6 Å². The number of rotatable bonds is 7. The SMILES string of the molecule is Cc1c([N+](=O)[O-])c(OCCCn2nc(Cl)c3cnc(Cl)nc32)nn1C1CC2CCC(C1)O2. The summed E-state index contributed by atoms with van der Waals surface area (Å²) in [4.78, 5) is 19.4. The molecule has 0 spiro atoms. The van der Waals surface area contributed by atoms with Crippen molar-refractivity contribution in [3.05, 3.63) is 32.4 Å². The molecule has 2 bridgehead atoms. The fourth-order valence-corrected chi connectivity index (χ4v) is 4.97. The van der Waals surface area contributed by atoms with Gasteiger partial charge in [0.05, 0.1) is 35.2 Å². The van der Waals surface area contributed by atoms with Crippen LogP contribution < -0.4 is 4.74 Å². The lowest BCUT2D eigenvalue weighted by atomic mass is 10.0. The Labute approximate surface area is 192 Å². The van der Waals surface area contributed by atoms with Crippen LogP contribution in [0.3, 0.4) is 0 Å². The summed E-state index contributed by atoms with van der Waals surface area (Å²) in [5.41, 5.74) is 0.943. The van der Waals surface area contributed by atoms with Crippen molar-refractivity contribution in [2.75, 3.05) is 6.61 Å². The van der Waals surface area contributed by atoms with E-state index in [-0.39, 0.29) is 46.9 Å². The van der Waals surface area contributed by atoms with Gasteiger partial charge in [-0.05, 0) is 44.2 Å². The standard InChI is InChI=1S/C19H21Cl2N7O4/c1-10-15(28(29)30)18(25-27(10)11-7-12-3-4-13(8-11)32-12)31-6-2-5-26-17-14(16(20)24-26)9-22-19(21)23-17/h9,11-13H,2-8H2,1H3. The molecule has 170 valence electrons. The molecule has 2 aliphatic heterocycles. The Kier molecular flexibility index (Phi) is 5.64. The smallest absolute Gasteiger partial charge is 0.352 e. The zero-order chi connectivity index (χ0) is 22.4. The first kappa shape index (κ1) is 21.4. The summed E-state index contributed by atoms with van der Waals surface area (Å²) in [6.45, 7) is 2.37. The van der Waals surface area contributed by atoms with Crippen LogP contribution in [-0.2, 0) is 11.3 Å². The van der Waals surface area contributed by atoms with E-state index >= 15 is 0 Å². The summed E-state index contributed by atoms with van der Waals surface area (Å²) in [6.07, 6.45) is 6.15. The number of nitrogens with zero attached hydrogens (tertiary/aromatic N) is 7. The molecule has 11 nitrogen and oxygen atoms in total. The summed E-state index contributed by atoms with van der Waals surface area (Å²) < 4.78 is 15.0. The maximum Gasteiger partial charge on any atom is 0.352 e. The molecule has 0 radical (unpaired) electrons. The molecule has 2 fully saturated rings. The Morgan fingerprint density at radius 3 is 2.75 bits per heavy atom. The molecule has 13 heteroatoms. The van der Waals surface area contributed by atoms with E-state index in [2.05, 4.69) is 20.2 Å². The largest absolute Gasteiger partial charge is 0.472 e. The lowest BCUT2D eigenvalue weighted by Crippen LogP contribution is -2.28. The maximum atomic E-state index is 11.7. The van der Waals surface area contributed by atoms with Gasteiger partial charge in [-0.3, -0.25) is 14.8 Å². The monoisotopic (exact) mass is 481 g/mol. The summed E-state index contributed by atoms with van der Waals surface area (Å²) >= 11 is 12.0. The molecular weight excluding hydrogens is 461 g/mol. The van der Waals surface area contributed by atoms with Gasteiger partial charge in [-0.25, -0.2) is 9.67 Å². The van der Waals surface area contributed by atoms with Crippen LogP contribution in [0.1, 0.15) is 43.8 Å². The number of fused-ring (bicyclic) bond motifs is 3. The zero-order valence-corrected chi connectivity index (χ0v) is 18.8. The maximum absolute atomic E-state index is 11.7. The zero-order valence-electron chi connectivity index (χ0n) is 17.3. The molecule has 0 saturated carbocycles. The Balaban J connectivity index is 1.28.